The molecule has 1 nitrogen and oxygen atoms in total. The Hall–Kier alpha value is 0.0323. The largest absolute Gasteiger partial charge is 0.398 e. The summed E-state index contributed by atoms with van der Waals surface area (Å²) in [5, 5.41) is 0. The van der Waals surface area contributed by atoms with Crippen LogP contribution in [0.5, 0.6) is 0 Å². The Morgan fingerprint density at radius 2 is 1.78 bits per heavy atom. The van der Waals surface area contributed by atoms with Gasteiger partial charge in [0.1, 0.15) is 0 Å². The smallest absolute Gasteiger partial charge is 0.0449 e. The minimum atomic E-state index is 0. The van der Waals surface area contributed by atoms with Crippen LogP contribution in [-0.2, 0) is 20.4 Å². The number of anilines is 1. The molecule has 1 radical (unpaired) electrons. The third kappa shape index (κ3) is 2.40. The van der Waals surface area contributed by atoms with Crippen molar-refractivity contribution in [3.8, 4) is 0 Å². The third-order valence-electron chi connectivity index (χ3n) is 0.937. The van der Waals surface area contributed by atoms with Crippen LogP contribution in [0.1, 0.15) is 0 Å². The minimum absolute atomic E-state index is 0. The van der Waals surface area contributed by atoms with Gasteiger partial charge in [-0.1, -0.05) is 12.1 Å². The molecule has 9 heavy (non-hydrogen) atoms. The summed E-state index contributed by atoms with van der Waals surface area (Å²) >= 11 is 4.07. The van der Waals surface area contributed by atoms with Crippen molar-refractivity contribution in [1.29, 1.82) is 0 Å². The molecule has 0 aliphatic carbocycles. The fourth-order valence-electron chi connectivity index (χ4n) is 0.488. The molecule has 0 fully saturated rings. The third-order valence-corrected chi connectivity index (χ3v) is 1.34. The van der Waals surface area contributed by atoms with Gasteiger partial charge in [-0.25, -0.2) is 0 Å². The summed E-state index contributed by atoms with van der Waals surface area (Å²) in [6.07, 6.45) is 0. The van der Waals surface area contributed by atoms with Crippen molar-refractivity contribution in [2.45, 2.75) is 4.90 Å². The van der Waals surface area contributed by atoms with Crippen LogP contribution >= 0.6 is 12.6 Å². The van der Waals surface area contributed by atoms with Crippen molar-refractivity contribution in [2.75, 3.05) is 5.73 Å². The number of hydrogen-bond donors (Lipinski definition) is 2. The van der Waals surface area contributed by atoms with Gasteiger partial charge in [0.05, 0.1) is 0 Å². The van der Waals surface area contributed by atoms with E-state index in [4.69, 9.17) is 5.73 Å². The summed E-state index contributed by atoms with van der Waals surface area (Å²) in [4.78, 5) is 0.840. The first-order chi connectivity index (χ1) is 3.80. The molecule has 0 aromatic heterocycles. The van der Waals surface area contributed by atoms with Gasteiger partial charge in [-0.3, -0.25) is 0 Å². The van der Waals surface area contributed by atoms with Crippen molar-refractivity contribution < 1.29 is 20.4 Å². The van der Waals surface area contributed by atoms with Gasteiger partial charge in [0, 0.05) is 31.0 Å². The molecule has 1 aromatic carbocycles. The van der Waals surface area contributed by atoms with Crippen molar-refractivity contribution in [3.63, 3.8) is 0 Å². The van der Waals surface area contributed by atoms with Gasteiger partial charge in [0.25, 0.3) is 0 Å². The van der Waals surface area contributed by atoms with Crippen LogP contribution < -0.4 is 5.73 Å². The van der Waals surface area contributed by atoms with Gasteiger partial charge in [-0.15, -0.1) is 12.6 Å². The summed E-state index contributed by atoms with van der Waals surface area (Å²) in [6.45, 7) is 0. The fourth-order valence-corrected chi connectivity index (χ4v) is 0.648. The molecule has 2 N–H and O–H groups in total. The van der Waals surface area contributed by atoms with Gasteiger partial charge < -0.3 is 5.73 Å². The Kier molecular flexibility index (Phi) is 3.96. The number of rotatable bonds is 0. The van der Waals surface area contributed by atoms with Gasteiger partial charge in [-0.2, -0.15) is 0 Å². The molecule has 1 aromatic rings. The number of hydrogen-bond acceptors (Lipinski definition) is 2. The first kappa shape index (κ1) is 9.03. The number of thiol groups is 1. The maximum absolute atomic E-state index is 5.44. The van der Waals surface area contributed by atoms with E-state index in [2.05, 4.69) is 12.6 Å². The van der Waals surface area contributed by atoms with Crippen molar-refractivity contribution in [3.05, 3.63) is 24.3 Å². The molecule has 0 saturated heterocycles. The van der Waals surface area contributed by atoms with Crippen LogP contribution in [0.15, 0.2) is 29.2 Å². The summed E-state index contributed by atoms with van der Waals surface area (Å²) in [6, 6.07) is 7.47. The van der Waals surface area contributed by atoms with Crippen LogP contribution in [0, 0.1) is 0 Å². The first-order valence-corrected chi connectivity index (χ1v) is 2.79. The number of benzene rings is 1. The SMILES string of the molecule is Nc1ccccc1S.[Re]. The Morgan fingerprint density at radius 3 is 2.11 bits per heavy atom. The Labute approximate surface area is 73.7 Å². The molecule has 0 aliphatic rings. The van der Waals surface area contributed by atoms with E-state index in [9.17, 15) is 0 Å². The predicted molar refractivity (Wildman–Crippen MR) is 38.1 cm³/mol. The summed E-state index contributed by atoms with van der Waals surface area (Å²) in [7, 11) is 0. The van der Waals surface area contributed by atoms with E-state index in [-0.39, 0.29) is 20.4 Å². The number of nitrogens with two attached hydrogens (primary N) is 1. The molecule has 0 amide bonds. The molecule has 0 unspecified atom stereocenters. The molecule has 0 atom stereocenters. The van der Waals surface area contributed by atoms with Crippen molar-refractivity contribution >= 4 is 18.3 Å². The van der Waals surface area contributed by atoms with Crippen LogP contribution in [-0.4, -0.2) is 0 Å². The van der Waals surface area contributed by atoms with Crippen LogP contribution in [0.25, 0.3) is 0 Å². The Bertz CT molecular complexity index is 169. The van der Waals surface area contributed by atoms with Gasteiger partial charge in [-0.05, 0) is 12.1 Å². The van der Waals surface area contributed by atoms with Crippen LogP contribution in [0.4, 0.5) is 5.69 Å². The second-order valence-corrected chi connectivity index (χ2v) is 2.04. The average Bonchev–Trinajstić information content (AvgIpc) is 1.77. The molecule has 0 heterocycles. The minimum Gasteiger partial charge on any atom is -0.398 e. The van der Waals surface area contributed by atoms with E-state index in [1.54, 1.807) is 0 Å². The number of nitrogen functional groups attached to an aromatic ring is 1. The molecular weight excluding hydrogens is 304 g/mol. The van der Waals surface area contributed by atoms with E-state index in [1.165, 1.54) is 0 Å². The Morgan fingerprint density at radius 1 is 1.22 bits per heavy atom. The van der Waals surface area contributed by atoms with E-state index in [0.29, 0.717) is 0 Å². The molecule has 3 heteroatoms. The monoisotopic (exact) mass is 312 g/mol. The first-order valence-electron chi connectivity index (χ1n) is 2.34. The van der Waals surface area contributed by atoms with Crippen molar-refractivity contribution in [2.24, 2.45) is 0 Å². The molecule has 0 spiro atoms. The van der Waals surface area contributed by atoms with Gasteiger partial charge in [0.2, 0.25) is 0 Å². The molecule has 0 aliphatic heterocycles. The summed E-state index contributed by atoms with van der Waals surface area (Å²) < 4.78 is 0. The average molecular weight is 311 g/mol. The normalized spacial score (nSPS) is 8.11. The zero-order valence-corrected chi connectivity index (χ0v) is 8.32. The number of para-hydroxylation sites is 1. The fraction of sp³-hybridized carbons (Fsp3) is 0. The molecular formula is C6H7NReS. The summed E-state index contributed by atoms with van der Waals surface area (Å²) in [5.41, 5.74) is 6.18. The zero-order valence-electron chi connectivity index (χ0n) is 4.71. The Balaban J connectivity index is 0.000000640. The van der Waals surface area contributed by atoms with Gasteiger partial charge in [0.15, 0.2) is 0 Å². The van der Waals surface area contributed by atoms with E-state index in [1.807, 2.05) is 24.3 Å². The second kappa shape index (κ2) is 3.95. The zero-order chi connectivity index (χ0) is 5.98. The van der Waals surface area contributed by atoms with Crippen LogP contribution in [0.2, 0.25) is 0 Å². The predicted octanol–water partition coefficient (Wildman–Crippen LogP) is 1.55. The molecule has 1 rings (SSSR count). The quantitative estimate of drug-likeness (QED) is 0.552. The molecule has 0 bridgehead atoms. The van der Waals surface area contributed by atoms with Crippen molar-refractivity contribution in [1.82, 2.24) is 0 Å². The molecule has 0 saturated carbocycles. The second-order valence-electron chi connectivity index (χ2n) is 1.56. The summed E-state index contributed by atoms with van der Waals surface area (Å²) in [5.74, 6) is 0. The van der Waals surface area contributed by atoms with Crippen LogP contribution in [0.3, 0.4) is 0 Å². The van der Waals surface area contributed by atoms with Gasteiger partial charge >= 0.3 is 0 Å². The maximum atomic E-state index is 5.44. The van der Waals surface area contributed by atoms with E-state index in [0.717, 1.165) is 10.6 Å². The maximum Gasteiger partial charge on any atom is 0.0449 e. The topological polar surface area (TPSA) is 26.0 Å². The molecule has 49 valence electrons. The van der Waals surface area contributed by atoms with E-state index >= 15 is 0 Å². The van der Waals surface area contributed by atoms with E-state index < -0.39 is 0 Å². The standard InChI is InChI=1S/C6H7NS.Re/c7-5-3-1-2-4-6(5)8;/h1-4,8H,7H2;.